The number of carbonyl (C=O) groups is 1. The minimum absolute atomic E-state index is 0.161. The molecule has 3 rings (SSSR count). The van der Waals surface area contributed by atoms with E-state index in [0.29, 0.717) is 3.57 Å². The number of aromatic nitrogens is 1. The molecule has 2 aromatic rings. The highest BCUT2D eigenvalue weighted by Crippen LogP contribution is 2.48. The van der Waals surface area contributed by atoms with Crippen LogP contribution in [0.25, 0.3) is 0 Å². The summed E-state index contributed by atoms with van der Waals surface area (Å²) < 4.78 is 50.0. The average Bonchev–Trinajstić information content (AvgIpc) is 3.54. The quantitative estimate of drug-likeness (QED) is 0.378. The number of rotatable bonds is 8. The van der Waals surface area contributed by atoms with E-state index in [1.807, 2.05) is 22.6 Å². The number of nitrogens with one attached hydrogen (secondary N) is 1. The zero-order valence-electron chi connectivity index (χ0n) is 20.3. The highest BCUT2D eigenvalue weighted by Gasteiger charge is 2.55. The zero-order valence-corrected chi connectivity index (χ0v) is 23.3. The molecule has 10 nitrogen and oxygen atoms in total. The first-order valence-corrected chi connectivity index (χ1v) is 13.7. The molecule has 1 aromatic heterocycles. The van der Waals surface area contributed by atoms with Crippen LogP contribution in [-0.2, 0) is 21.8 Å². The highest BCUT2D eigenvalue weighted by atomic mass is 127. The van der Waals surface area contributed by atoms with Crippen LogP contribution < -0.4 is 15.2 Å². The molecule has 1 amide bonds. The Morgan fingerprint density at radius 1 is 1.31 bits per heavy atom. The fourth-order valence-corrected chi connectivity index (χ4v) is 5.88. The van der Waals surface area contributed by atoms with E-state index in [1.165, 1.54) is 25.2 Å². The number of carbonyl (C=O) groups excluding carboxylic acids is 1. The van der Waals surface area contributed by atoms with Crippen molar-refractivity contribution in [2.75, 3.05) is 16.2 Å². The number of hydrogen-bond donors (Lipinski definition) is 3. The van der Waals surface area contributed by atoms with Crippen LogP contribution in [0, 0.1) is 9.39 Å². The summed E-state index contributed by atoms with van der Waals surface area (Å²) in [5, 5.41) is 19.1. The van der Waals surface area contributed by atoms with E-state index in [-0.39, 0.29) is 36.5 Å². The van der Waals surface area contributed by atoms with Crippen LogP contribution in [0.2, 0.25) is 0 Å². The van der Waals surface area contributed by atoms with Crippen LogP contribution in [0.1, 0.15) is 40.0 Å². The lowest BCUT2D eigenvalue weighted by atomic mass is 10.2. The number of sulfonamides is 1. The van der Waals surface area contributed by atoms with Gasteiger partial charge in [-0.05, 0) is 86.9 Å². The van der Waals surface area contributed by atoms with Crippen molar-refractivity contribution >= 4 is 55.9 Å². The number of halogens is 2. The predicted molar refractivity (Wildman–Crippen MR) is 141 cm³/mol. The minimum Gasteiger partial charge on any atom is -0.443 e. The normalized spacial score (nSPS) is 15.8. The molecule has 0 bridgehead atoms. The summed E-state index contributed by atoms with van der Waals surface area (Å²) in [7, 11) is -2.84. The molecule has 1 fully saturated rings. The second kappa shape index (κ2) is 10.3. The molecule has 1 aliphatic carbocycles. The van der Waals surface area contributed by atoms with Crippen LogP contribution in [0.15, 0.2) is 35.1 Å². The lowest BCUT2D eigenvalue weighted by molar-refractivity contribution is 0.0596. The Hall–Kier alpha value is -2.23. The van der Waals surface area contributed by atoms with Crippen molar-refractivity contribution in [1.82, 2.24) is 4.57 Å². The zero-order chi connectivity index (χ0) is 27.1. The first-order chi connectivity index (χ1) is 16.6. The van der Waals surface area contributed by atoms with Crippen molar-refractivity contribution in [3.8, 4) is 0 Å². The molecule has 0 radical (unpaired) electrons. The summed E-state index contributed by atoms with van der Waals surface area (Å²) in [5.74, 6) is -1.04. The van der Waals surface area contributed by atoms with E-state index in [9.17, 15) is 28.2 Å². The third kappa shape index (κ3) is 6.01. The van der Waals surface area contributed by atoms with Crippen LogP contribution in [0.5, 0.6) is 0 Å². The minimum atomic E-state index is -4.16. The van der Waals surface area contributed by atoms with Crippen LogP contribution >= 0.6 is 22.6 Å². The molecule has 0 spiro atoms. The number of ether oxygens (including phenoxy) is 1. The van der Waals surface area contributed by atoms with E-state index in [4.69, 9.17) is 4.74 Å². The van der Waals surface area contributed by atoms with Gasteiger partial charge in [-0.1, -0.05) is 0 Å². The molecule has 0 saturated heterocycles. The molecular formula is C23H29FIN3O7S. The van der Waals surface area contributed by atoms with Crippen molar-refractivity contribution in [3.63, 3.8) is 0 Å². The number of aliphatic hydroxyl groups excluding tert-OH is 2. The smallest absolute Gasteiger partial charge is 0.420 e. The fourth-order valence-electron chi connectivity index (χ4n) is 3.71. The lowest BCUT2D eigenvalue weighted by Gasteiger charge is -2.30. The van der Waals surface area contributed by atoms with Crippen LogP contribution in [-0.4, -0.2) is 52.4 Å². The maximum atomic E-state index is 15.1. The van der Waals surface area contributed by atoms with Crippen molar-refractivity contribution in [3.05, 3.63) is 50.1 Å². The Bertz CT molecular complexity index is 1320. The summed E-state index contributed by atoms with van der Waals surface area (Å²) in [6.07, 6.45) is -1.95. The number of aliphatic hydroxyl groups is 2. The van der Waals surface area contributed by atoms with Gasteiger partial charge in [0, 0.05) is 16.7 Å². The van der Waals surface area contributed by atoms with Gasteiger partial charge in [0.25, 0.3) is 5.56 Å². The number of benzene rings is 1. The molecule has 1 aromatic carbocycles. The van der Waals surface area contributed by atoms with Crippen LogP contribution in [0.3, 0.4) is 0 Å². The van der Waals surface area contributed by atoms with Gasteiger partial charge in [0.2, 0.25) is 10.0 Å². The van der Waals surface area contributed by atoms with E-state index in [1.54, 1.807) is 26.8 Å². The van der Waals surface area contributed by atoms with Crippen molar-refractivity contribution in [1.29, 1.82) is 0 Å². The molecule has 1 unspecified atom stereocenters. The third-order valence-corrected chi connectivity index (χ3v) is 8.54. The van der Waals surface area contributed by atoms with Crippen LogP contribution in [0.4, 0.5) is 26.4 Å². The summed E-state index contributed by atoms with van der Waals surface area (Å²) in [6, 6.07) is 6.37. The SMILES string of the molecule is Cn1c(N(C(=O)OC(C)(C)C)c2ccc(I)cc2F)c(NS(=O)(=O)C2(CC(O)CO)CC2)ccc1=O. The summed E-state index contributed by atoms with van der Waals surface area (Å²) in [5.41, 5.74) is -1.97. The van der Waals surface area contributed by atoms with E-state index in [0.717, 1.165) is 15.5 Å². The predicted octanol–water partition coefficient (Wildman–Crippen LogP) is 3.22. The standard InChI is InChI=1S/C23H29FIN3O7S/c1-22(2,3)35-21(32)28(18-7-5-14(25)11-16(18)24)20-17(6-8-19(31)27(20)4)26-36(33,34)23(9-10-23)12-15(30)13-29/h5-8,11,15,26,29-30H,9-10,12-13H2,1-4H3. The molecule has 1 saturated carbocycles. The largest absolute Gasteiger partial charge is 0.443 e. The van der Waals surface area contributed by atoms with Gasteiger partial charge >= 0.3 is 6.09 Å². The third-order valence-electron chi connectivity index (χ3n) is 5.66. The second-order valence-corrected chi connectivity index (χ2v) is 13.0. The van der Waals surface area contributed by atoms with Gasteiger partial charge in [0.1, 0.15) is 17.2 Å². The Morgan fingerprint density at radius 3 is 2.47 bits per heavy atom. The summed E-state index contributed by atoms with van der Waals surface area (Å²) in [4.78, 5) is 26.8. The van der Waals surface area contributed by atoms with E-state index in [2.05, 4.69) is 4.72 Å². The van der Waals surface area contributed by atoms with Gasteiger partial charge in [0.05, 0.1) is 28.8 Å². The average molecular weight is 637 g/mol. The first kappa shape index (κ1) is 28.3. The number of nitrogens with zero attached hydrogens (tertiary/aromatic N) is 2. The first-order valence-electron chi connectivity index (χ1n) is 11.1. The number of pyridine rings is 1. The van der Waals surface area contributed by atoms with Gasteiger partial charge < -0.3 is 14.9 Å². The Labute approximate surface area is 222 Å². The number of hydrogen-bond acceptors (Lipinski definition) is 7. The topological polar surface area (TPSA) is 138 Å². The monoisotopic (exact) mass is 637 g/mol. The molecule has 1 atom stereocenters. The van der Waals surface area contributed by atoms with Crippen molar-refractivity contribution in [2.45, 2.75) is 56.5 Å². The molecular weight excluding hydrogens is 608 g/mol. The van der Waals surface area contributed by atoms with Gasteiger partial charge in [0.15, 0.2) is 0 Å². The van der Waals surface area contributed by atoms with Gasteiger partial charge in [-0.3, -0.25) is 14.1 Å². The second-order valence-electron chi connectivity index (χ2n) is 9.71. The van der Waals surface area contributed by atoms with Crippen molar-refractivity contribution < 1.29 is 32.6 Å². The molecule has 1 heterocycles. The lowest BCUT2D eigenvalue weighted by Crippen LogP contribution is -2.39. The Morgan fingerprint density at radius 2 is 1.94 bits per heavy atom. The van der Waals surface area contributed by atoms with Gasteiger partial charge in [-0.2, -0.15) is 0 Å². The summed E-state index contributed by atoms with van der Waals surface area (Å²) >= 11 is 1.90. The Balaban J connectivity index is 2.19. The number of anilines is 3. The van der Waals surface area contributed by atoms with E-state index >= 15 is 4.39 Å². The maximum absolute atomic E-state index is 15.1. The van der Waals surface area contributed by atoms with Gasteiger partial charge in [-0.15, -0.1) is 0 Å². The molecule has 1 aliphatic rings. The fraction of sp³-hybridized carbons (Fsp3) is 0.478. The maximum Gasteiger partial charge on any atom is 0.420 e. The Kier molecular flexibility index (Phi) is 8.08. The van der Waals surface area contributed by atoms with E-state index < -0.39 is 50.6 Å². The molecule has 36 heavy (non-hydrogen) atoms. The molecule has 13 heteroatoms. The van der Waals surface area contributed by atoms with Crippen molar-refractivity contribution in [2.24, 2.45) is 7.05 Å². The summed E-state index contributed by atoms with van der Waals surface area (Å²) in [6.45, 7) is 4.25. The molecule has 3 N–H and O–H groups in total. The molecule has 0 aliphatic heterocycles. The number of amides is 1. The van der Waals surface area contributed by atoms with Gasteiger partial charge in [-0.25, -0.2) is 22.5 Å². The highest BCUT2D eigenvalue weighted by molar-refractivity contribution is 14.1. The molecule has 198 valence electrons.